The van der Waals surface area contributed by atoms with Gasteiger partial charge in [0.1, 0.15) is 44.2 Å². The second kappa shape index (κ2) is 24.3. The molecule has 0 radical (unpaired) electrons. The molecule has 9 aromatic rings. The van der Waals surface area contributed by atoms with E-state index in [4.69, 9.17) is 23.2 Å². The molecular weight excluding hydrogens is 1140 g/mol. The van der Waals surface area contributed by atoms with E-state index in [9.17, 15) is 50.2 Å². The fourth-order valence-electron chi connectivity index (χ4n) is 8.15. The van der Waals surface area contributed by atoms with Gasteiger partial charge in [0.15, 0.2) is 28.6 Å². The molecular formula is C57H57Cl2F7N12O5. The fourth-order valence-corrected chi connectivity index (χ4v) is 8.42. The summed E-state index contributed by atoms with van der Waals surface area (Å²) in [7, 11) is 0. The van der Waals surface area contributed by atoms with E-state index in [1.54, 1.807) is 45.0 Å². The summed E-state index contributed by atoms with van der Waals surface area (Å²) in [6.07, 6.45) is -4.44. The van der Waals surface area contributed by atoms with Crippen molar-refractivity contribution in [2.24, 2.45) is 10.8 Å². The minimum Gasteiger partial charge on any atom is -0.406 e. The maximum atomic E-state index is 13.8. The number of anilines is 3. The minimum absolute atomic E-state index is 0.124. The molecule has 6 heterocycles. The van der Waals surface area contributed by atoms with Crippen LogP contribution >= 0.6 is 23.2 Å². The zero-order valence-corrected chi connectivity index (χ0v) is 48.2. The number of hydrogen-bond donors (Lipinski definition) is 4. The molecule has 0 aliphatic heterocycles. The first kappa shape index (κ1) is 62.4. The number of pyridine rings is 3. The number of carbonyl (C=O) groups excluding carboxylic acids is 3. The molecule has 0 unspecified atom stereocenters. The molecule has 0 fully saturated rings. The van der Waals surface area contributed by atoms with Crippen LogP contribution in [0, 0.1) is 54.9 Å². The fraction of sp³-hybridized carbons (Fsp3) is 0.316. The molecule has 4 N–H and O–H groups in total. The summed E-state index contributed by atoms with van der Waals surface area (Å²) in [5.41, 5.74) is 3.77. The van der Waals surface area contributed by atoms with Gasteiger partial charge in [-0.1, -0.05) is 64.7 Å². The second-order valence-corrected chi connectivity index (χ2v) is 23.1. The molecule has 0 saturated carbocycles. The molecule has 0 aliphatic carbocycles. The lowest BCUT2D eigenvalue weighted by molar-refractivity contribution is -0.274. The van der Waals surface area contributed by atoms with Crippen LogP contribution in [0.1, 0.15) is 91.5 Å². The predicted octanol–water partition coefficient (Wildman–Crippen LogP) is 13.8. The third-order valence-corrected chi connectivity index (χ3v) is 12.3. The molecule has 0 saturated heterocycles. The Morgan fingerprint density at radius 2 is 0.928 bits per heavy atom. The van der Waals surface area contributed by atoms with Crippen molar-refractivity contribution in [3.8, 4) is 22.8 Å². The largest absolute Gasteiger partial charge is 0.573 e. The number of carbonyl (C=O) groups is 3. The summed E-state index contributed by atoms with van der Waals surface area (Å²) in [6, 6.07) is 18.5. The molecule has 26 heteroatoms. The van der Waals surface area contributed by atoms with E-state index in [1.807, 2.05) is 41.5 Å². The van der Waals surface area contributed by atoms with E-state index >= 15 is 0 Å². The van der Waals surface area contributed by atoms with Gasteiger partial charge in [0.25, 0.3) is 0 Å². The summed E-state index contributed by atoms with van der Waals surface area (Å²) in [4.78, 5) is 63.2. The Bertz CT molecular complexity index is 3900. The van der Waals surface area contributed by atoms with Gasteiger partial charge in [-0.15, -0.1) is 13.2 Å². The van der Waals surface area contributed by atoms with Gasteiger partial charge in [-0.3, -0.25) is 44.0 Å². The van der Waals surface area contributed by atoms with Crippen LogP contribution in [0.5, 0.6) is 5.75 Å². The summed E-state index contributed by atoms with van der Waals surface area (Å²) in [5, 5.41) is 18.4. The molecule has 0 spiro atoms. The van der Waals surface area contributed by atoms with E-state index in [2.05, 4.69) is 50.6 Å². The smallest absolute Gasteiger partial charge is 0.406 e. The topological polar surface area (TPSA) is 209 Å². The number of rotatable bonds is 11. The number of fused-ring (bicyclic) bond motifs is 3. The predicted molar refractivity (Wildman–Crippen MR) is 302 cm³/mol. The number of amides is 3. The van der Waals surface area contributed by atoms with E-state index < -0.39 is 41.1 Å². The highest BCUT2D eigenvalue weighted by molar-refractivity contribution is 6.30. The van der Waals surface area contributed by atoms with Crippen LogP contribution in [0.2, 0.25) is 10.3 Å². The molecule has 3 aromatic carbocycles. The van der Waals surface area contributed by atoms with E-state index in [0.29, 0.717) is 56.0 Å². The van der Waals surface area contributed by atoms with Gasteiger partial charge in [-0.25, -0.2) is 47.5 Å². The van der Waals surface area contributed by atoms with Crippen molar-refractivity contribution in [1.29, 1.82) is 0 Å². The Labute approximate surface area is 481 Å². The maximum Gasteiger partial charge on any atom is 0.573 e. The first-order valence-electron chi connectivity index (χ1n) is 25.4. The normalized spacial score (nSPS) is 12.0. The van der Waals surface area contributed by atoms with E-state index in [1.165, 1.54) is 45.7 Å². The van der Waals surface area contributed by atoms with Gasteiger partial charge in [-0.05, 0) is 129 Å². The number of aryl methyl sites for hydroxylation is 3. The van der Waals surface area contributed by atoms with Gasteiger partial charge in [0.05, 0.1) is 29.1 Å². The molecule has 0 bridgehead atoms. The number of alkyl halides is 3. The van der Waals surface area contributed by atoms with Crippen molar-refractivity contribution in [2.45, 2.75) is 107 Å². The minimum atomic E-state index is -4.79. The Morgan fingerprint density at radius 3 is 1.37 bits per heavy atom. The Kier molecular flexibility index (Phi) is 18.3. The Balaban J connectivity index is 0.000000179. The first-order valence-corrected chi connectivity index (χ1v) is 26.1. The van der Waals surface area contributed by atoms with Gasteiger partial charge < -0.3 is 9.84 Å². The van der Waals surface area contributed by atoms with Crippen LogP contribution in [0.15, 0.2) is 84.9 Å². The van der Waals surface area contributed by atoms with Crippen LogP contribution in [0.3, 0.4) is 0 Å². The highest BCUT2D eigenvalue weighted by Crippen LogP contribution is 2.32. The quantitative estimate of drug-likeness (QED) is 0.0707. The molecule has 3 amide bonds. The number of ether oxygens (including phenoxy) is 1. The van der Waals surface area contributed by atoms with Crippen LogP contribution in [-0.2, 0) is 14.4 Å². The molecule has 0 atom stereocenters. The summed E-state index contributed by atoms with van der Waals surface area (Å²) in [6.45, 7) is 20.0. The van der Waals surface area contributed by atoms with Crippen molar-refractivity contribution >= 4 is 92.3 Å². The van der Waals surface area contributed by atoms with Crippen LogP contribution < -0.4 is 20.7 Å². The Morgan fingerprint density at radius 1 is 0.506 bits per heavy atom. The zero-order valence-electron chi connectivity index (χ0n) is 46.7. The highest BCUT2D eigenvalue weighted by atomic mass is 35.5. The van der Waals surface area contributed by atoms with Crippen molar-refractivity contribution < 1.29 is 55.0 Å². The van der Waals surface area contributed by atoms with Crippen molar-refractivity contribution in [3.63, 3.8) is 0 Å². The third-order valence-electron chi connectivity index (χ3n) is 11.5. The van der Waals surface area contributed by atoms with Crippen molar-refractivity contribution in [1.82, 2.24) is 43.6 Å². The molecule has 83 heavy (non-hydrogen) atoms. The summed E-state index contributed by atoms with van der Waals surface area (Å²) >= 11 is 12.3. The second-order valence-electron chi connectivity index (χ2n) is 22.4. The maximum absolute atomic E-state index is 13.8. The lowest BCUT2D eigenvalue weighted by Gasteiger charge is -2.17. The number of benzene rings is 3. The van der Waals surface area contributed by atoms with Gasteiger partial charge in [0.2, 0.25) is 35.6 Å². The SMILES string of the molecule is Cc1cc2nc(NC(=O)CC(C)(C)C)n(-c3cc(F)cc(F)c3)c2nc1Cl.Cc1cc2nc(NC(=O)CC(C)(C)C)n(-c3ccc(F)c(F)c3)c2nc1Cl.Cc1ccc2nc(NC(=O)CC(C)(C)O)n(-c3ccc(OC(F)(F)F)cc3)c2n1. The van der Waals surface area contributed by atoms with Gasteiger partial charge in [0, 0.05) is 30.7 Å². The monoisotopic (exact) mass is 1190 g/mol. The number of hydrogen-bond acceptors (Lipinski definition) is 11. The molecule has 0 aliphatic rings. The Hall–Kier alpha value is -8.22. The van der Waals surface area contributed by atoms with E-state index in [0.717, 1.165) is 42.5 Å². The number of imidazole rings is 3. The van der Waals surface area contributed by atoms with Crippen LogP contribution in [-0.4, -0.2) is 78.4 Å². The van der Waals surface area contributed by atoms with Crippen molar-refractivity contribution in [2.75, 3.05) is 16.0 Å². The molecule has 9 rings (SSSR count). The third kappa shape index (κ3) is 16.5. The van der Waals surface area contributed by atoms with Crippen LogP contribution in [0.4, 0.5) is 48.6 Å². The average Bonchev–Trinajstić information content (AvgIpc) is 2.34. The van der Waals surface area contributed by atoms with E-state index in [-0.39, 0.29) is 87.2 Å². The standard InChI is InChI=1S/2C19H19ClF2N4O.C19H19F3N4O3/c1-10-5-14-17(25-16(10)20)26(13-7-11(21)6-12(22)8-13)18(23-14)24-15(27)9-19(2,3)4;1-10-7-14-17(25-16(10)20)26(11-5-6-12(21)13(22)8-11)18(23-14)24-15(27)9-19(2,3)4;1-11-4-9-14-16(23-11)26(17(24-14)25-15(27)10-18(2,3)28)12-5-7-13(8-6-12)29-19(20,21)22/h2*5-8H,9H2,1-4H3,(H,23,24,27);4-9,28H,10H2,1-3H3,(H,24,25,27). The average molecular weight is 1190 g/mol. The molecule has 17 nitrogen and oxygen atoms in total. The first-order chi connectivity index (χ1) is 38.5. The number of nitrogens with one attached hydrogen (secondary N) is 3. The number of aliphatic hydroxyl groups is 1. The molecule has 6 aromatic heterocycles. The van der Waals surface area contributed by atoms with Crippen LogP contribution in [0.25, 0.3) is 50.6 Å². The zero-order chi connectivity index (χ0) is 61.3. The van der Waals surface area contributed by atoms with Gasteiger partial charge >= 0.3 is 6.36 Å². The van der Waals surface area contributed by atoms with Crippen molar-refractivity contribution in [3.05, 3.63) is 135 Å². The van der Waals surface area contributed by atoms with Gasteiger partial charge in [-0.2, -0.15) is 0 Å². The molecule has 438 valence electrons. The number of aromatic nitrogens is 9. The summed E-state index contributed by atoms with van der Waals surface area (Å²) in [5.74, 6) is -4.42. The number of nitrogens with zero attached hydrogens (tertiary/aromatic N) is 9. The number of halogens is 9. The lowest BCUT2D eigenvalue weighted by atomic mass is 9.92. The summed E-state index contributed by atoms with van der Waals surface area (Å²) < 4.78 is 100. The lowest BCUT2D eigenvalue weighted by Crippen LogP contribution is -2.28. The highest BCUT2D eigenvalue weighted by Gasteiger charge is 2.31.